The fourth-order valence-corrected chi connectivity index (χ4v) is 2.97. The number of hydrogen-bond donors (Lipinski definition) is 1. The van der Waals surface area contributed by atoms with E-state index in [1.807, 2.05) is 17.5 Å². The molecule has 0 atom stereocenters. The van der Waals surface area contributed by atoms with E-state index in [0.29, 0.717) is 5.69 Å². The van der Waals surface area contributed by atoms with Gasteiger partial charge in [-0.2, -0.15) is 0 Å². The number of nitro benzene ring substituents is 1. The Labute approximate surface area is 145 Å². The van der Waals surface area contributed by atoms with Crippen LogP contribution in [0.4, 0.5) is 11.4 Å². The third kappa shape index (κ3) is 3.42. The van der Waals surface area contributed by atoms with Crippen molar-refractivity contribution < 1.29 is 9.72 Å². The predicted octanol–water partition coefficient (Wildman–Crippen LogP) is 4.62. The monoisotopic (exact) mass is 359 g/mol. The minimum atomic E-state index is -0.565. The van der Waals surface area contributed by atoms with Gasteiger partial charge in [0.05, 0.1) is 15.5 Å². The Hall–Kier alpha value is -2.77. The fourth-order valence-electron chi connectivity index (χ4n) is 2.06. The van der Waals surface area contributed by atoms with Crippen molar-refractivity contribution in [1.82, 2.24) is 4.98 Å². The van der Waals surface area contributed by atoms with Crippen molar-refractivity contribution in [3.05, 3.63) is 74.7 Å². The Kier molecular flexibility index (Phi) is 4.54. The summed E-state index contributed by atoms with van der Waals surface area (Å²) in [6, 6.07) is 11.0. The Morgan fingerprint density at radius 1 is 1.21 bits per heavy atom. The van der Waals surface area contributed by atoms with Crippen molar-refractivity contribution in [3.63, 3.8) is 0 Å². The van der Waals surface area contributed by atoms with Crippen LogP contribution in [0.2, 0.25) is 5.02 Å². The van der Waals surface area contributed by atoms with Gasteiger partial charge in [-0.1, -0.05) is 11.6 Å². The van der Waals surface area contributed by atoms with Crippen LogP contribution >= 0.6 is 22.9 Å². The summed E-state index contributed by atoms with van der Waals surface area (Å²) in [5.74, 6) is -0.433. The quantitative estimate of drug-likeness (QED) is 0.543. The summed E-state index contributed by atoms with van der Waals surface area (Å²) < 4.78 is 0. The summed E-state index contributed by atoms with van der Waals surface area (Å²) in [6.07, 6.45) is 1.73. The van der Waals surface area contributed by atoms with E-state index in [9.17, 15) is 14.9 Å². The van der Waals surface area contributed by atoms with Gasteiger partial charge in [-0.05, 0) is 30.3 Å². The lowest BCUT2D eigenvalue weighted by molar-refractivity contribution is -0.384. The smallest absolute Gasteiger partial charge is 0.270 e. The molecule has 0 aliphatic rings. The second-order valence-corrected chi connectivity index (χ2v) is 6.09. The lowest BCUT2D eigenvalue weighted by Gasteiger charge is -2.07. The zero-order chi connectivity index (χ0) is 17.1. The van der Waals surface area contributed by atoms with Crippen LogP contribution in [-0.2, 0) is 0 Å². The number of anilines is 1. The third-order valence-corrected chi connectivity index (χ3v) is 4.37. The number of nitro groups is 1. The highest BCUT2D eigenvalue weighted by atomic mass is 35.5. The Morgan fingerprint density at radius 2 is 1.96 bits per heavy atom. The first-order valence-corrected chi connectivity index (χ1v) is 8.05. The molecule has 0 radical (unpaired) electrons. The number of benzene rings is 2. The van der Waals surface area contributed by atoms with Gasteiger partial charge in [0.25, 0.3) is 11.6 Å². The van der Waals surface area contributed by atoms with Crippen molar-refractivity contribution in [2.45, 2.75) is 0 Å². The van der Waals surface area contributed by atoms with Crippen molar-refractivity contribution in [1.29, 1.82) is 0 Å². The van der Waals surface area contributed by atoms with Gasteiger partial charge in [-0.25, -0.2) is 4.98 Å². The van der Waals surface area contributed by atoms with Gasteiger partial charge in [0, 0.05) is 35.0 Å². The minimum absolute atomic E-state index is 0.0288. The van der Waals surface area contributed by atoms with Crippen LogP contribution in [0.5, 0.6) is 0 Å². The average Bonchev–Trinajstić information content (AvgIpc) is 3.09. The molecule has 0 saturated carbocycles. The van der Waals surface area contributed by atoms with E-state index in [0.717, 1.165) is 16.6 Å². The van der Waals surface area contributed by atoms with E-state index in [1.165, 1.54) is 23.5 Å². The van der Waals surface area contributed by atoms with E-state index >= 15 is 0 Å². The van der Waals surface area contributed by atoms with Crippen molar-refractivity contribution in [3.8, 4) is 10.6 Å². The van der Waals surface area contributed by atoms with E-state index in [1.54, 1.807) is 18.3 Å². The highest BCUT2D eigenvalue weighted by Gasteiger charge is 2.15. The lowest BCUT2D eigenvalue weighted by Crippen LogP contribution is -2.12. The van der Waals surface area contributed by atoms with Crippen LogP contribution in [0, 0.1) is 10.1 Å². The molecular weight excluding hydrogens is 350 g/mol. The number of halogens is 1. The van der Waals surface area contributed by atoms with Crippen LogP contribution < -0.4 is 5.32 Å². The molecule has 3 rings (SSSR count). The maximum absolute atomic E-state index is 12.3. The largest absolute Gasteiger partial charge is 0.322 e. The molecule has 0 aliphatic heterocycles. The number of amides is 1. The number of carbonyl (C=O) groups is 1. The summed E-state index contributed by atoms with van der Waals surface area (Å²) in [5, 5.41) is 16.2. The van der Waals surface area contributed by atoms with E-state index in [-0.39, 0.29) is 16.3 Å². The minimum Gasteiger partial charge on any atom is -0.322 e. The molecular formula is C16H10ClN3O3S. The molecule has 120 valence electrons. The van der Waals surface area contributed by atoms with E-state index < -0.39 is 10.8 Å². The summed E-state index contributed by atoms with van der Waals surface area (Å²) in [5.41, 5.74) is 1.56. The Balaban J connectivity index is 1.76. The number of non-ortho nitro benzene ring substituents is 1. The second-order valence-electron chi connectivity index (χ2n) is 4.79. The number of nitrogens with one attached hydrogen (secondary N) is 1. The highest BCUT2D eigenvalue weighted by molar-refractivity contribution is 7.13. The zero-order valence-corrected chi connectivity index (χ0v) is 13.7. The number of rotatable bonds is 4. The molecule has 0 spiro atoms. The molecule has 1 aromatic heterocycles. The van der Waals surface area contributed by atoms with Gasteiger partial charge in [-0.15, -0.1) is 11.3 Å². The molecule has 6 nitrogen and oxygen atoms in total. The molecule has 8 heteroatoms. The summed E-state index contributed by atoms with van der Waals surface area (Å²) in [4.78, 5) is 26.6. The van der Waals surface area contributed by atoms with Crippen molar-refractivity contribution >= 4 is 40.2 Å². The Morgan fingerprint density at radius 3 is 2.54 bits per heavy atom. The molecule has 0 saturated heterocycles. The molecule has 0 unspecified atom stereocenters. The van der Waals surface area contributed by atoms with Crippen LogP contribution in [0.25, 0.3) is 10.6 Å². The second kappa shape index (κ2) is 6.77. The topological polar surface area (TPSA) is 85.1 Å². The first-order chi connectivity index (χ1) is 11.5. The number of nitrogens with zero attached hydrogens (tertiary/aromatic N) is 2. The van der Waals surface area contributed by atoms with Crippen LogP contribution in [0.15, 0.2) is 54.0 Å². The van der Waals surface area contributed by atoms with Gasteiger partial charge in [0.2, 0.25) is 0 Å². The molecule has 0 fully saturated rings. The van der Waals surface area contributed by atoms with Crippen molar-refractivity contribution in [2.24, 2.45) is 0 Å². The fraction of sp³-hybridized carbons (Fsp3) is 0. The summed E-state index contributed by atoms with van der Waals surface area (Å²) in [7, 11) is 0. The SMILES string of the molecule is O=C(Nc1ccc(-c2nccs2)cc1)c1ccc([N+](=O)[O-])cc1Cl. The molecule has 0 bridgehead atoms. The number of carbonyl (C=O) groups excluding carboxylic acids is 1. The van der Waals surface area contributed by atoms with Crippen LogP contribution in [0.1, 0.15) is 10.4 Å². The zero-order valence-electron chi connectivity index (χ0n) is 12.1. The summed E-state index contributed by atoms with van der Waals surface area (Å²) in [6.45, 7) is 0. The molecule has 24 heavy (non-hydrogen) atoms. The Bertz CT molecular complexity index is 895. The third-order valence-electron chi connectivity index (χ3n) is 3.23. The van der Waals surface area contributed by atoms with Gasteiger partial charge in [0.15, 0.2) is 0 Å². The molecule has 0 aliphatic carbocycles. The first kappa shape index (κ1) is 16.1. The van der Waals surface area contributed by atoms with E-state index in [2.05, 4.69) is 10.3 Å². The maximum Gasteiger partial charge on any atom is 0.270 e. The summed E-state index contributed by atoms with van der Waals surface area (Å²) >= 11 is 7.48. The molecule has 1 amide bonds. The number of thiazole rings is 1. The normalized spacial score (nSPS) is 10.4. The lowest BCUT2D eigenvalue weighted by atomic mass is 10.1. The predicted molar refractivity (Wildman–Crippen MR) is 93.6 cm³/mol. The van der Waals surface area contributed by atoms with Gasteiger partial charge >= 0.3 is 0 Å². The number of hydrogen-bond acceptors (Lipinski definition) is 5. The molecule has 1 N–H and O–H groups in total. The van der Waals surface area contributed by atoms with Gasteiger partial charge in [-0.3, -0.25) is 14.9 Å². The van der Waals surface area contributed by atoms with Crippen molar-refractivity contribution in [2.75, 3.05) is 5.32 Å². The molecule has 3 aromatic rings. The van der Waals surface area contributed by atoms with Crippen LogP contribution in [-0.4, -0.2) is 15.8 Å². The maximum atomic E-state index is 12.3. The molecule has 2 aromatic carbocycles. The van der Waals surface area contributed by atoms with Gasteiger partial charge < -0.3 is 5.32 Å². The van der Waals surface area contributed by atoms with E-state index in [4.69, 9.17) is 11.6 Å². The average molecular weight is 360 g/mol. The van der Waals surface area contributed by atoms with Gasteiger partial charge in [0.1, 0.15) is 5.01 Å². The number of aromatic nitrogens is 1. The molecule has 1 heterocycles. The standard InChI is InChI=1S/C16H10ClN3O3S/c17-14-9-12(20(22)23)5-6-13(14)15(21)19-11-3-1-10(2-4-11)16-18-7-8-24-16/h1-9H,(H,19,21). The van der Waals surface area contributed by atoms with Crippen LogP contribution in [0.3, 0.4) is 0 Å². The highest BCUT2D eigenvalue weighted by Crippen LogP contribution is 2.25. The first-order valence-electron chi connectivity index (χ1n) is 6.80.